The normalized spacial score (nSPS) is 21.6. The molecular weight excluding hydrogens is 270 g/mol. The summed E-state index contributed by atoms with van der Waals surface area (Å²) >= 11 is 6.26. The molecule has 1 N–H and O–H groups in total. The molecule has 0 spiro atoms. The Morgan fingerprint density at radius 1 is 1.25 bits per heavy atom. The minimum absolute atomic E-state index is 0.526. The molecule has 0 atom stereocenters. The van der Waals surface area contributed by atoms with Gasteiger partial charge in [0.1, 0.15) is 0 Å². The lowest BCUT2D eigenvalue weighted by Gasteiger charge is -2.37. The number of aryl methyl sites for hydroxylation is 2. The van der Waals surface area contributed by atoms with Gasteiger partial charge in [0.15, 0.2) is 0 Å². The highest BCUT2D eigenvalue weighted by atomic mass is 35.5. The molecule has 0 aliphatic heterocycles. The molecule has 106 valence electrons. The van der Waals surface area contributed by atoms with E-state index < -0.39 is 0 Å². The van der Waals surface area contributed by atoms with Crippen molar-refractivity contribution in [1.29, 1.82) is 0 Å². The zero-order chi connectivity index (χ0) is 14.3. The van der Waals surface area contributed by atoms with Gasteiger partial charge in [-0.1, -0.05) is 29.8 Å². The quantitative estimate of drug-likeness (QED) is 0.924. The van der Waals surface area contributed by atoms with Crippen molar-refractivity contribution in [1.82, 2.24) is 9.78 Å². The first-order chi connectivity index (χ1) is 9.56. The monoisotopic (exact) mass is 289 g/mol. The van der Waals surface area contributed by atoms with Gasteiger partial charge in [-0.25, -0.2) is 0 Å². The first-order valence-electron chi connectivity index (χ1n) is 7.07. The summed E-state index contributed by atoms with van der Waals surface area (Å²) in [5.41, 5.74) is 4.75. The predicted molar refractivity (Wildman–Crippen MR) is 83.5 cm³/mol. The predicted octanol–water partition coefficient (Wildman–Crippen LogP) is 4.05. The van der Waals surface area contributed by atoms with E-state index in [9.17, 15) is 0 Å². The lowest BCUT2D eigenvalue weighted by atomic mass is 9.75. The smallest absolute Gasteiger partial charge is 0.0827 e. The zero-order valence-electron chi connectivity index (χ0n) is 12.2. The number of aromatic nitrogens is 2. The van der Waals surface area contributed by atoms with Crippen LogP contribution in [0, 0.1) is 13.8 Å². The molecule has 0 saturated heterocycles. The highest BCUT2D eigenvalue weighted by molar-refractivity contribution is 6.31. The highest BCUT2D eigenvalue weighted by Gasteiger charge is 2.32. The first-order valence-corrected chi connectivity index (χ1v) is 7.45. The lowest BCUT2D eigenvalue weighted by molar-refractivity contribution is 0.374. The summed E-state index contributed by atoms with van der Waals surface area (Å²) in [6.07, 6.45) is 2.27. The second-order valence-electron chi connectivity index (χ2n) is 5.70. The van der Waals surface area contributed by atoms with Gasteiger partial charge in [0.2, 0.25) is 0 Å². The van der Waals surface area contributed by atoms with Crippen molar-refractivity contribution in [3.8, 4) is 0 Å². The van der Waals surface area contributed by atoms with E-state index in [0.717, 1.165) is 23.6 Å². The third-order valence-electron chi connectivity index (χ3n) is 4.34. The fourth-order valence-corrected chi connectivity index (χ4v) is 3.27. The molecule has 1 aromatic carbocycles. The number of rotatable bonds is 3. The van der Waals surface area contributed by atoms with E-state index in [0.29, 0.717) is 12.0 Å². The fourth-order valence-electron chi connectivity index (χ4n) is 2.98. The minimum Gasteiger partial charge on any atom is -0.379 e. The van der Waals surface area contributed by atoms with Crippen LogP contribution in [0.3, 0.4) is 0 Å². The Hall–Kier alpha value is -1.48. The molecule has 0 radical (unpaired) electrons. The largest absolute Gasteiger partial charge is 0.379 e. The van der Waals surface area contributed by atoms with Crippen molar-refractivity contribution in [3.63, 3.8) is 0 Å². The topological polar surface area (TPSA) is 29.9 Å². The summed E-state index contributed by atoms with van der Waals surface area (Å²) in [5, 5.41) is 8.97. The van der Waals surface area contributed by atoms with E-state index >= 15 is 0 Å². The van der Waals surface area contributed by atoms with Crippen LogP contribution in [0.5, 0.6) is 0 Å². The number of hydrogen-bond acceptors (Lipinski definition) is 2. The van der Waals surface area contributed by atoms with Crippen LogP contribution in [0.1, 0.15) is 35.7 Å². The Balaban J connectivity index is 1.65. The number of benzene rings is 1. The molecule has 3 nitrogen and oxygen atoms in total. The molecule has 3 rings (SSSR count). The molecule has 0 unspecified atom stereocenters. The van der Waals surface area contributed by atoms with Crippen molar-refractivity contribution in [2.45, 2.75) is 38.6 Å². The van der Waals surface area contributed by atoms with Gasteiger partial charge >= 0.3 is 0 Å². The first kappa shape index (κ1) is 13.5. The average molecular weight is 290 g/mol. The maximum absolute atomic E-state index is 6.26. The van der Waals surface area contributed by atoms with E-state index in [1.165, 1.54) is 16.9 Å². The summed E-state index contributed by atoms with van der Waals surface area (Å²) in [5.74, 6) is 0.582. The Bertz CT molecular complexity index is 627. The second-order valence-corrected chi connectivity index (χ2v) is 6.11. The van der Waals surface area contributed by atoms with Crippen LogP contribution in [-0.2, 0) is 7.05 Å². The van der Waals surface area contributed by atoms with Gasteiger partial charge in [-0.15, -0.1) is 0 Å². The van der Waals surface area contributed by atoms with Crippen LogP contribution < -0.4 is 5.32 Å². The highest BCUT2D eigenvalue weighted by Crippen LogP contribution is 2.41. The van der Waals surface area contributed by atoms with Gasteiger partial charge in [0, 0.05) is 18.1 Å². The van der Waals surface area contributed by atoms with Crippen LogP contribution in [0.25, 0.3) is 0 Å². The van der Waals surface area contributed by atoms with E-state index in [4.69, 9.17) is 11.6 Å². The van der Waals surface area contributed by atoms with Crippen molar-refractivity contribution in [2.75, 3.05) is 5.32 Å². The Morgan fingerprint density at radius 2 is 1.95 bits per heavy atom. The van der Waals surface area contributed by atoms with Crippen LogP contribution >= 0.6 is 11.6 Å². The third kappa shape index (κ3) is 2.31. The van der Waals surface area contributed by atoms with Gasteiger partial charge in [-0.3, -0.25) is 4.68 Å². The summed E-state index contributed by atoms with van der Waals surface area (Å²) in [6, 6.07) is 8.70. The van der Waals surface area contributed by atoms with E-state index in [1.807, 2.05) is 23.9 Å². The zero-order valence-corrected chi connectivity index (χ0v) is 12.9. The van der Waals surface area contributed by atoms with Crippen LogP contribution in [-0.4, -0.2) is 15.8 Å². The molecule has 2 aromatic rings. The molecule has 1 aliphatic rings. The Morgan fingerprint density at radius 3 is 2.55 bits per heavy atom. The van der Waals surface area contributed by atoms with Crippen LogP contribution in [0.2, 0.25) is 5.02 Å². The van der Waals surface area contributed by atoms with Crippen molar-refractivity contribution < 1.29 is 0 Å². The third-order valence-corrected chi connectivity index (χ3v) is 4.68. The van der Waals surface area contributed by atoms with E-state index in [2.05, 4.69) is 36.4 Å². The second kappa shape index (κ2) is 5.13. The minimum atomic E-state index is 0.526. The number of nitrogens with zero attached hydrogens (tertiary/aromatic N) is 2. The average Bonchev–Trinajstić information content (AvgIpc) is 2.60. The van der Waals surface area contributed by atoms with E-state index in [-0.39, 0.29) is 0 Å². The molecule has 1 saturated carbocycles. The van der Waals surface area contributed by atoms with Gasteiger partial charge < -0.3 is 5.32 Å². The molecule has 1 aromatic heterocycles. The van der Waals surface area contributed by atoms with Crippen LogP contribution in [0.15, 0.2) is 24.3 Å². The van der Waals surface area contributed by atoms with Gasteiger partial charge in [0.25, 0.3) is 0 Å². The molecule has 1 heterocycles. The van der Waals surface area contributed by atoms with Gasteiger partial charge in [0.05, 0.1) is 17.1 Å². The molecule has 4 heteroatoms. The Kier molecular flexibility index (Phi) is 3.47. The fraction of sp³-hybridized carbons (Fsp3) is 0.438. The Labute approximate surface area is 124 Å². The van der Waals surface area contributed by atoms with Gasteiger partial charge in [-0.05, 0) is 44.2 Å². The maximum atomic E-state index is 6.26. The molecule has 0 bridgehead atoms. The van der Waals surface area contributed by atoms with Crippen molar-refractivity contribution >= 4 is 17.3 Å². The van der Waals surface area contributed by atoms with Crippen LogP contribution in [0.4, 0.5) is 5.69 Å². The molecule has 0 amide bonds. The standard InChI is InChI=1S/C16H20ClN3/c1-10-16(11(2)20(3)19-10)18-13-8-12(9-13)14-6-4-5-7-15(14)17/h4-7,12-13,18H,8-9H2,1-3H3. The number of anilines is 1. The summed E-state index contributed by atoms with van der Waals surface area (Å²) in [4.78, 5) is 0. The summed E-state index contributed by atoms with van der Waals surface area (Å²) in [7, 11) is 1.99. The molecule has 20 heavy (non-hydrogen) atoms. The van der Waals surface area contributed by atoms with Gasteiger partial charge in [-0.2, -0.15) is 5.10 Å². The number of hydrogen-bond donors (Lipinski definition) is 1. The molecule has 1 fully saturated rings. The molecular formula is C16H20ClN3. The maximum Gasteiger partial charge on any atom is 0.0827 e. The van der Waals surface area contributed by atoms with Crippen molar-refractivity contribution in [2.24, 2.45) is 7.05 Å². The number of halogens is 1. The summed E-state index contributed by atoms with van der Waals surface area (Å²) < 4.78 is 1.93. The lowest BCUT2D eigenvalue weighted by Crippen LogP contribution is -2.34. The number of nitrogens with one attached hydrogen (secondary N) is 1. The molecule has 1 aliphatic carbocycles. The SMILES string of the molecule is Cc1nn(C)c(C)c1NC1CC(c2ccccc2Cl)C1. The van der Waals surface area contributed by atoms with Crippen molar-refractivity contribution in [3.05, 3.63) is 46.2 Å². The van der Waals surface area contributed by atoms with E-state index in [1.54, 1.807) is 0 Å². The summed E-state index contributed by atoms with van der Waals surface area (Å²) in [6.45, 7) is 4.16.